The number of thiophene rings is 1. The molecule has 27 heavy (non-hydrogen) atoms. The van der Waals surface area contributed by atoms with Gasteiger partial charge in [0.25, 0.3) is 5.91 Å². The number of aromatic nitrogens is 1. The van der Waals surface area contributed by atoms with Gasteiger partial charge >= 0.3 is 5.76 Å². The molecule has 0 atom stereocenters. The number of nitrogens with zero attached hydrogens (tertiary/aromatic N) is 3. The van der Waals surface area contributed by atoms with Crippen LogP contribution in [0.4, 0.5) is 0 Å². The first-order valence-corrected chi connectivity index (χ1v) is 10.7. The summed E-state index contributed by atoms with van der Waals surface area (Å²) in [6.45, 7) is 1.09. The van der Waals surface area contributed by atoms with Crippen LogP contribution < -0.4 is 5.76 Å². The maximum atomic E-state index is 12.9. The summed E-state index contributed by atoms with van der Waals surface area (Å²) in [5.41, 5.74) is 1.39. The number of hydrogen-bond acceptors (Lipinski definition) is 6. The summed E-state index contributed by atoms with van der Waals surface area (Å²) in [6, 6.07) is 6.16. The fourth-order valence-electron chi connectivity index (χ4n) is 3.12. The van der Waals surface area contributed by atoms with E-state index in [1.807, 2.05) is 5.38 Å². The molecule has 8 nitrogen and oxygen atoms in total. The normalized spacial score (nSPS) is 16.1. The molecule has 0 bridgehead atoms. The predicted molar refractivity (Wildman–Crippen MR) is 100 cm³/mol. The van der Waals surface area contributed by atoms with Gasteiger partial charge in [0, 0.05) is 44.7 Å². The van der Waals surface area contributed by atoms with Crippen LogP contribution in [0, 0.1) is 0 Å². The first-order valence-electron chi connectivity index (χ1n) is 8.29. The second kappa shape index (κ2) is 6.63. The number of rotatable bonds is 3. The van der Waals surface area contributed by atoms with Gasteiger partial charge in [-0.1, -0.05) is 0 Å². The molecule has 4 rings (SSSR count). The molecule has 1 aliphatic rings. The lowest BCUT2D eigenvalue weighted by molar-refractivity contribution is 0.0698. The number of carbonyl (C=O) groups excluding carboxylic acids is 1. The second-order valence-corrected chi connectivity index (χ2v) is 8.98. The molecule has 1 aromatic carbocycles. The topological polar surface area (TPSA) is 92.8 Å². The quantitative estimate of drug-likeness (QED) is 0.653. The van der Waals surface area contributed by atoms with Gasteiger partial charge in [-0.25, -0.2) is 13.2 Å². The van der Waals surface area contributed by atoms with Gasteiger partial charge in [-0.05, 0) is 23.6 Å². The average Bonchev–Trinajstić information content (AvgIpc) is 3.30. The first kappa shape index (κ1) is 18.0. The zero-order chi connectivity index (χ0) is 19.2. The minimum atomic E-state index is -3.73. The zero-order valence-electron chi connectivity index (χ0n) is 14.5. The van der Waals surface area contributed by atoms with Gasteiger partial charge in [0.05, 0.1) is 16.0 Å². The second-order valence-electron chi connectivity index (χ2n) is 6.26. The highest BCUT2D eigenvalue weighted by atomic mass is 32.2. The van der Waals surface area contributed by atoms with Crippen molar-refractivity contribution >= 4 is 38.4 Å². The van der Waals surface area contributed by atoms with E-state index in [-0.39, 0.29) is 29.5 Å². The minimum Gasteiger partial charge on any atom is -0.408 e. The molecular formula is C17H17N3O5S2. The van der Waals surface area contributed by atoms with E-state index in [2.05, 4.69) is 0 Å². The highest BCUT2D eigenvalue weighted by molar-refractivity contribution is 7.89. The molecule has 3 aromatic rings. The van der Waals surface area contributed by atoms with Crippen LogP contribution in [0.5, 0.6) is 0 Å². The lowest BCUT2D eigenvalue weighted by Gasteiger charge is -2.33. The Labute approximate surface area is 159 Å². The van der Waals surface area contributed by atoms with E-state index in [0.717, 1.165) is 0 Å². The van der Waals surface area contributed by atoms with E-state index in [0.29, 0.717) is 24.2 Å². The van der Waals surface area contributed by atoms with Gasteiger partial charge < -0.3 is 9.32 Å². The number of carbonyl (C=O) groups is 1. The van der Waals surface area contributed by atoms with Gasteiger partial charge in [-0.3, -0.25) is 9.36 Å². The summed E-state index contributed by atoms with van der Waals surface area (Å²) in [5.74, 6) is -0.624. The van der Waals surface area contributed by atoms with Crippen LogP contribution in [-0.2, 0) is 17.1 Å². The Bertz CT molecular complexity index is 1150. The average molecular weight is 407 g/mol. The number of fused-ring (bicyclic) bond motifs is 1. The molecule has 0 saturated carbocycles. The SMILES string of the molecule is Cn1c(=O)oc2cc(S(=O)(=O)N3CCN(C(=O)c4ccsc4)CC3)ccc21. The van der Waals surface area contributed by atoms with E-state index >= 15 is 0 Å². The zero-order valence-corrected chi connectivity index (χ0v) is 16.1. The molecule has 0 spiro atoms. The molecule has 10 heteroatoms. The van der Waals surface area contributed by atoms with Crippen LogP contribution in [0.2, 0.25) is 0 Å². The first-order chi connectivity index (χ1) is 12.9. The molecule has 2 aromatic heterocycles. The molecule has 1 amide bonds. The Hall–Kier alpha value is -2.43. The largest absolute Gasteiger partial charge is 0.419 e. The molecule has 0 N–H and O–H groups in total. The maximum Gasteiger partial charge on any atom is 0.419 e. The van der Waals surface area contributed by atoms with Gasteiger partial charge in [0.1, 0.15) is 0 Å². The Kier molecular flexibility index (Phi) is 4.41. The highest BCUT2D eigenvalue weighted by Crippen LogP contribution is 2.23. The van der Waals surface area contributed by atoms with Crippen molar-refractivity contribution in [1.29, 1.82) is 0 Å². The van der Waals surface area contributed by atoms with Crippen LogP contribution in [0.1, 0.15) is 10.4 Å². The van der Waals surface area contributed by atoms with E-state index in [9.17, 15) is 18.0 Å². The van der Waals surface area contributed by atoms with Crippen molar-refractivity contribution in [2.45, 2.75) is 4.90 Å². The van der Waals surface area contributed by atoms with E-state index in [1.54, 1.807) is 29.5 Å². The molecule has 142 valence electrons. The third kappa shape index (κ3) is 3.09. The Balaban J connectivity index is 1.53. The van der Waals surface area contributed by atoms with E-state index < -0.39 is 15.8 Å². The van der Waals surface area contributed by atoms with Crippen molar-refractivity contribution < 1.29 is 17.6 Å². The Morgan fingerprint density at radius 1 is 1.15 bits per heavy atom. The molecule has 0 radical (unpaired) electrons. The Morgan fingerprint density at radius 2 is 1.89 bits per heavy atom. The maximum absolute atomic E-state index is 12.9. The van der Waals surface area contributed by atoms with Crippen molar-refractivity contribution in [3.05, 3.63) is 51.1 Å². The monoisotopic (exact) mass is 407 g/mol. The number of amides is 1. The lowest BCUT2D eigenvalue weighted by atomic mass is 10.2. The summed E-state index contributed by atoms with van der Waals surface area (Å²) >= 11 is 1.45. The third-order valence-corrected chi connectivity index (χ3v) is 7.27. The Morgan fingerprint density at radius 3 is 2.56 bits per heavy atom. The number of oxazole rings is 1. The molecule has 0 unspecified atom stereocenters. The fourth-order valence-corrected chi connectivity index (χ4v) is 5.19. The highest BCUT2D eigenvalue weighted by Gasteiger charge is 2.31. The molecular weight excluding hydrogens is 390 g/mol. The lowest BCUT2D eigenvalue weighted by Crippen LogP contribution is -2.50. The number of benzene rings is 1. The van der Waals surface area contributed by atoms with Crippen molar-refractivity contribution in [3.8, 4) is 0 Å². The summed E-state index contributed by atoms with van der Waals surface area (Å²) < 4.78 is 33.6. The van der Waals surface area contributed by atoms with Gasteiger partial charge in [0.2, 0.25) is 10.0 Å². The van der Waals surface area contributed by atoms with E-state index in [1.165, 1.54) is 32.3 Å². The van der Waals surface area contributed by atoms with Gasteiger partial charge in [0.15, 0.2) is 5.58 Å². The minimum absolute atomic E-state index is 0.0713. The molecule has 0 aliphatic carbocycles. The number of aryl methyl sites for hydroxylation is 1. The van der Waals surface area contributed by atoms with E-state index in [4.69, 9.17) is 4.42 Å². The van der Waals surface area contributed by atoms with Crippen molar-refractivity contribution in [3.63, 3.8) is 0 Å². The van der Waals surface area contributed by atoms with Crippen LogP contribution in [-0.4, -0.2) is 54.3 Å². The van der Waals surface area contributed by atoms with Crippen LogP contribution in [0.25, 0.3) is 11.1 Å². The summed E-state index contributed by atoms with van der Waals surface area (Å²) in [5, 5.41) is 3.63. The fraction of sp³-hybridized carbons (Fsp3) is 0.294. The molecule has 1 aliphatic heterocycles. The smallest absolute Gasteiger partial charge is 0.408 e. The third-order valence-electron chi connectivity index (χ3n) is 4.70. The summed E-state index contributed by atoms with van der Waals surface area (Å²) in [4.78, 5) is 25.7. The van der Waals surface area contributed by atoms with Crippen molar-refractivity contribution in [1.82, 2.24) is 13.8 Å². The van der Waals surface area contributed by atoms with Gasteiger partial charge in [-0.2, -0.15) is 15.6 Å². The predicted octanol–water partition coefficient (Wildman–Crippen LogP) is 1.34. The molecule has 1 saturated heterocycles. The standard InChI is InChI=1S/C17H17N3O5S2/c1-18-14-3-2-13(10-15(14)25-17(18)22)27(23,24)20-7-5-19(6-8-20)16(21)12-4-9-26-11-12/h2-4,9-11H,5-8H2,1H3. The van der Waals surface area contributed by atoms with Crippen LogP contribution >= 0.6 is 11.3 Å². The number of sulfonamides is 1. The van der Waals surface area contributed by atoms with Gasteiger partial charge in [-0.15, -0.1) is 0 Å². The molecule has 1 fully saturated rings. The molecule has 3 heterocycles. The summed E-state index contributed by atoms with van der Waals surface area (Å²) in [7, 11) is -2.17. The summed E-state index contributed by atoms with van der Waals surface area (Å²) in [6.07, 6.45) is 0. The number of piperazine rings is 1. The van der Waals surface area contributed by atoms with Crippen LogP contribution in [0.15, 0.2) is 49.1 Å². The number of hydrogen-bond donors (Lipinski definition) is 0. The van der Waals surface area contributed by atoms with Crippen molar-refractivity contribution in [2.24, 2.45) is 7.05 Å². The van der Waals surface area contributed by atoms with Crippen molar-refractivity contribution in [2.75, 3.05) is 26.2 Å². The van der Waals surface area contributed by atoms with Crippen LogP contribution in [0.3, 0.4) is 0 Å².